The van der Waals surface area contributed by atoms with E-state index in [4.69, 9.17) is 9.47 Å². The Labute approximate surface area is 140 Å². The molecule has 1 atom stereocenters. The summed E-state index contributed by atoms with van der Waals surface area (Å²) < 4.78 is 10.1. The number of nitrogens with zero attached hydrogens (tertiary/aromatic N) is 1. The van der Waals surface area contributed by atoms with E-state index in [0.717, 1.165) is 5.56 Å². The molecule has 6 heteroatoms. The normalized spacial score (nSPS) is 11.2. The Bertz CT molecular complexity index is 768. The summed E-state index contributed by atoms with van der Waals surface area (Å²) in [5.41, 5.74) is 1.28. The smallest absolute Gasteiger partial charge is 0.242 e. The molecule has 0 spiro atoms. The van der Waals surface area contributed by atoms with Gasteiger partial charge in [0.25, 0.3) is 0 Å². The van der Waals surface area contributed by atoms with Crippen LogP contribution in [0.25, 0.3) is 0 Å². The summed E-state index contributed by atoms with van der Waals surface area (Å²) in [4.78, 5) is 12.3. The number of hydrogen-bond acceptors (Lipinski definition) is 5. The van der Waals surface area contributed by atoms with Crippen LogP contribution in [0.3, 0.4) is 0 Å². The van der Waals surface area contributed by atoms with Crippen LogP contribution in [0.15, 0.2) is 42.5 Å². The van der Waals surface area contributed by atoms with Crippen molar-refractivity contribution in [2.24, 2.45) is 5.92 Å². The molecule has 0 aliphatic heterocycles. The maximum absolute atomic E-state index is 12.3. The zero-order valence-electron chi connectivity index (χ0n) is 13.4. The van der Waals surface area contributed by atoms with E-state index < -0.39 is 11.8 Å². The first-order valence-corrected chi connectivity index (χ1v) is 7.27. The number of amides is 1. The molecule has 0 fully saturated rings. The number of hydrogen-bond donors (Lipinski definition) is 2. The van der Waals surface area contributed by atoms with Crippen molar-refractivity contribution in [1.29, 1.82) is 5.26 Å². The fourth-order valence-electron chi connectivity index (χ4n) is 2.21. The molecule has 0 aliphatic carbocycles. The SMILES string of the molecule is COc1cccc(NC(=O)[C@@H](C#N)Cc2ccc(O)c(OC)c2)c1. The van der Waals surface area contributed by atoms with Crippen molar-refractivity contribution in [2.75, 3.05) is 19.5 Å². The summed E-state index contributed by atoms with van der Waals surface area (Å²) in [6.45, 7) is 0. The lowest BCUT2D eigenvalue weighted by Gasteiger charge is -2.12. The maximum Gasteiger partial charge on any atom is 0.242 e. The Morgan fingerprint density at radius 1 is 1.25 bits per heavy atom. The average Bonchev–Trinajstić information content (AvgIpc) is 2.60. The van der Waals surface area contributed by atoms with E-state index in [1.807, 2.05) is 6.07 Å². The van der Waals surface area contributed by atoms with Gasteiger partial charge in [0, 0.05) is 11.8 Å². The average molecular weight is 326 g/mol. The van der Waals surface area contributed by atoms with Crippen molar-refractivity contribution >= 4 is 11.6 Å². The van der Waals surface area contributed by atoms with Gasteiger partial charge in [0.1, 0.15) is 11.7 Å². The largest absolute Gasteiger partial charge is 0.504 e. The molecule has 124 valence electrons. The van der Waals surface area contributed by atoms with Gasteiger partial charge in [-0.3, -0.25) is 4.79 Å². The molecule has 0 heterocycles. The minimum atomic E-state index is -0.870. The van der Waals surface area contributed by atoms with Gasteiger partial charge in [0.15, 0.2) is 11.5 Å². The van der Waals surface area contributed by atoms with Gasteiger partial charge in [-0.15, -0.1) is 0 Å². The minimum absolute atomic E-state index is 0.00981. The first-order valence-electron chi connectivity index (χ1n) is 7.27. The number of carbonyl (C=O) groups is 1. The molecule has 0 aliphatic rings. The molecule has 6 nitrogen and oxygen atoms in total. The van der Waals surface area contributed by atoms with Crippen LogP contribution < -0.4 is 14.8 Å². The second-order valence-electron chi connectivity index (χ2n) is 5.11. The van der Waals surface area contributed by atoms with Crippen molar-refractivity contribution in [2.45, 2.75) is 6.42 Å². The zero-order chi connectivity index (χ0) is 17.5. The summed E-state index contributed by atoms with van der Waals surface area (Å²) in [6, 6.07) is 13.7. The summed E-state index contributed by atoms with van der Waals surface area (Å²) in [6.07, 6.45) is 0.211. The molecule has 0 saturated heterocycles. The van der Waals surface area contributed by atoms with Crippen molar-refractivity contribution in [3.63, 3.8) is 0 Å². The molecule has 0 bridgehead atoms. The second-order valence-corrected chi connectivity index (χ2v) is 5.11. The van der Waals surface area contributed by atoms with Gasteiger partial charge < -0.3 is 19.9 Å². The molecule has 0 unspecified atom stereocenters. The van der Waals surface area contributed by atoms with E-state index in [1.165, 1.54) is 20.3 Å². The van der Waals surface area contributed by atoms with Crippen LogP contribution in [0, 0.1) is 17.2 Å². The molecule has 2 rings (SSSR count). The van der Waals surface area contributed by atoms with E-state index >= 15 is 0 Å². The third-order valence-electron chi connectivity index (χ3n) is 3.49. The fraction of sp³-hybridized carbons (Fsp3) is 0.222. The van der Waals surface area contributed by atoms with E-state index in [0.29, 0.717) is 17.2 Å². The Morgan fingerprint density at radius 3 is 2.71 bits per heavy atom. The maximum atomic E-state index is 12.3. The van der Waals surface area contributed by atoms with Crippen molar-refractivity contribution in [3.8, 4) is 23.3 Å². The number of benzene rings is 2. The third kappa shape index (κ3) is 4.17. The molecule has 2 aromatic carbocycles. The lowest BCUT2D eigenvalue weighted by molar-refractivity contribution is -0.118. The van der Waals surface area contributed by atoms with Crippen LogP contribution in [-0.2, 0) is 11.2 Å². The van der Waals surface area contributed by atoms with Crippen molar-refractivity contribution in [1.82, 2.24) is 0 Å². The quantitative estimate of drug-likeness (QED) is 0.851. The van der Waals surface area contributed by atoms with Gasteiger partial charge >= 0.3 is 0 Å². The lowest BCUT2D eigenvalue weighted by atomic mass is 9.99. The van der Waals surface area contributed by atoms with Crippen LogP contribution in [0.4, 0.5) is 5.69 Å². The van der Waals surface area contributed by atoms with Crippen LogP contribution in [-0.4, -0.2) is 25.2 Å². The highest BCUT2D eigenvalue weighted by Gasteiger charge is 2.19. The predicted octanol–water partition coefficient (Wildman–Crippen LogP) is 2.73. The van der Waals surface area contributed by atoms with Gasteiger partial charge in [-0.2, -0.15) is 5.26 Å². The standard InChI is InChI=1S/C18H18N2O4/c1-23-15-5-3-4-14(10-15)20-18(22)13(11-19)8-12-6-7-16(21)17(9-12)24-2/h3-7,9-10,13,21H,8H2,1-2H3,(H,20,22)/t13-/m1/s1. The lowest BCUT2D eigenvalue weighted by Crippen LogP contribution is -2.23. The molecule has 0 radical (unpaired) electrons. The summed E-state index contributed by atoms with van der Waals surface area (Å²) in [5.74, 6) is -0.346. The van der Waals surface area contributed by atoms with Gasteiger partial charge in [-0.05, 0) is 36.2 Å². The number of rotatable bonds is 6. The number of carbonyl (C=O) groups excluding carboxylic acids is 1. The van der Waals surface area contributed by atoms with Gasteiger partial charge in [0.05, 0.1) is 20.3 Å². The van der Waals surface area contributed by atoms with Crippen molar-refractivity contribution in [3.05, 3.63) is 48.0 Å². The van der Waals surface area contributed by atoms with Crippen LogP contribution in [0.2, 0.25) is 0 Å². The van der Waals surface area contributed by atoms with E-state index in [1.54, 1.807) is 36.4 Å². The predicted molar refractivity (Wildman–Crippen MR) is 89.1 cm³/mol. The Morgan fingerprint density at radius 2 is 2.04 bits per heavy atom. The Hall–Kier alpha value is -3.20. The number of methoxy groups -OCH3 is 2. The van der Waals surface area contributed by atoms with Gasteiger partial charge in [0.2, 0.25) is 5.91 Å². The summed E-state index contributed by atoms with van der Waals surface area (Å²) >= 11 is 0. The molecule has 2 aromatic rings. The summed E-state index contributed by atoms with van der Waals surface area (Å²) in [7, 11) is 2.98. The number of anilines is 1. The van der Waals surface area contributed by atoms with Crippen LogP contribution in [0.5, 0.6) is 17.2 Å². The summed E-state index contributed by atoms with van der Waals surface area (Å²) in [5, 5.41) is 21.6. The Kier molecular flexibility index (Phi) is 5.63. The zero-order valence-corrected chi connectivity index (χ0v) is 13.4. The highest BCUT2D eigenvalue weighted by Crippen LogP contribution is 2.27. The molecular weight excluding hydrogens is 308 g/mol. The number of aromatic hydroxyl groups is 1. The molecule has 0 aromatic heterocycles. The minimum Gasteiger partial charge on any atom is -0.504 e. The fourth-order valence-corrected chi connectivity index (χ4v) is 2.21. The van der Waals surface area contributed by atoms with Crippen LogP contribution in [0.1, 0.15) is 5.56 Å². The third-order valence-corrected chi connectivity index (χ3v) is 3.49. The second kappa shape index (κ2) is 7.88. The van der Waals surface area contributed by atoms with E-state index in [9.17, 15) is 15.2 Å². The van der Waals surface area contributed by atoms with E-state index in [-0.39, 0.29) is 12.2 Å². The number of nitrogens with one attached hydrogen (secondary N) is 1. The first kappa shape index (κ1) is 17.2. The highest BCUT2D eigenvalue weighted by atomic mass is 16.5. The first-order chi connectivity index (χ1) is 11.6. The molecule has 0 saturated carbocycles. The number of nitriles is 1. The monoisotopic (exact) mass is 326 g/mol. The number of ether oxygens (including phenoxy) is 2. The molecule has 1 amide bonds. The molecule has 24 heavy (non-hydrogen) atoms. The number of phenols is 1. The topological polar surface area (TPSA) is 91.6 Å². The molecular formula is C18H18N2O4. The molecule has 2 N–H and O–H groups in total. The van der Waals surface area contributed by atoms with E-state index in [2.05, 4.69) is 5.32 Å². The van der Waals surface area contributed by atoms with Gasteiger partial charge in [-0.1, -0.05) is 12.1 Å². The van der Waals surface area contributed by atoms with Crippen LogP contribution >= 0.6 is 0 Å². The number of phenolic OH excluding ortho intramolecular Hbond substituents is 1. The highest BCUT2D eigenvalue weighted by molar-refractivity contribution is 5.94. The Balaban J connectivity index is 2.10. The van der Waals surface area contributed by atoms with Gasteiger partial charge in [-0.25, -0.2) is 0 Å². The van der Waals surface area contributed by atoms with Crippen molar-refractivity contribution < 1.29 is 19.4 Å².